The minimum absolute atomic E-state index is 0.0316. The number of rotatable bonds is 12. The Bertz CT molecular complexity index is 1210. The van der Waals surface area contributed by atoms with E-state index in [2.05, 4.69) is 15.6 Å². The zero-order valence-corrected chi connectivity index (χ0v) is 23.5. The fraction of sp³-hybridized carbons (Fsp3) is 0.462. The predicted molar refractivity (Wildman–Crippen MR) is 148 cm³/mol. The molecule has 1 saturated heterocycles. The molecule has 3 rings (SSSR count). The average molecular weight is 578 g/mol. The lowest BCUT2D eigenvalue weighted by atomic mass is 10.1. The highest BCUT2D eigenvalue weighted by Gasteiger charge is 2.36. The Morgan fingerprint density at radius 2 is 1.73 bits per heavy atom. The first-order valence-corrected chi connectivity index (χ1v) is 14.8. The zero-order chi connectivity index (χ0) is 29.1. The fourth-order valence-corrected chi connectivity index (χ4v) is 5.37. The van der Waals surface area contributed by atoms with Crippen molar-refractivity contribution in [2.45, 2.75) is 19.9 Å². The van der Waals surface area contributed by atoms with E-state index >= 15 is 0 Å². The van der Waals surface area contributed by atoms with Gasteiger partial charge in [-0.05, 0) is 26.0 Å². The summed E-state index contributed by atoms with van der Waals surface area (Å²) in [6.45, 7) is 4.28. The molecule has 40 heavy (non-hydrogen) atoms. The number of anilines is 1. The maximum absolute atomic E-state index is 13.5. The average Bonchev–Trinajstić information content (AvgIpc) is 2.95. The minimum Gasteiger partial charge on any atom is -0.450 e. The molecule has 218 valence electrons. The number of amides is 3. The minimum atomic E-state index is -4.23. The molecular weight excluding hydrogens is 541 g/mol. The molecule has 13 nitrogen and oxygen atoms in total. The molecular formula is C26H36N5O8P. The number of ether oxygens (including phenoxy) is 1. The van der Waals surface area contributed by atoms with Crippen LogP contribution in [0.25, 0.3) is 11.3 Å². The van der Waals surface area contributed by atoms with Gasteiger partial charge in [-0.2, -0.15) is 0 Å². The molecule has 1 aliphatic heterocycles. The first kappa shape index (κ1) is 31.0. The van der Waals surface area contributed by atoms with Crippen LogP contribution in [0.15, 0.2) is 42.5 Å². The SMILES string of the molecule is CCOC(=O)N1CCN(C(=O)[C@H](CP(=O)(O)OCC)NC(=O)c2cc(NCCO)cc(-c3ccccc3)n2)CC1. The second-order valence-electron chi connectivity index (χ2n) is 8.92. The molecule has 3 amide bonds. The van der Waals surface area contributed by atoms with Gasteiger partial charge in [0, 0.05) is 44.0 Å². The van der Waals surface area contributed by atoms with Crippen molar-refractivity contribution in [2.75, 3.05) is 64.0 Å². The third-order valence-electron chi connectivity index (χ3n) is 6.03. The summed E-state index contributed by atoms with van der Waals surface area (Å²) < 4.78 is 22.6. The second kappa shape index (κ2) is 14.8. The topological polar surface area (TPSA) is 171 Å². The van der Waals surface area contributed by atoms with Gasteiger partial charge in [0.1, 0.15) is 11.7 Å². The molecule has 2 aromatic rings. The predicted octanol–water partition coefficient (Wildman–Crippen LogP) is 1.77. The van der Waals surface area contributed by atoms with E-state index in [4.69, 9.17) is 9.26 Å². The smallest absolute Gasteiger partial charge is 0.409 e. The maximum atomic E-state index is 13.5. The number of carbonyl (C=O) groups excluding carboxylic acids is 3. The van der Waals surface area contributed by atoms with Crippen LogP contribution in [0.5, 0.6) is 0 Å². The second-order valence-corrected chi connectivity index (χ2v) is 10.8. The third-order valence-corrected chi connectivity index (χ3v) is 7.52. The van der Waals surface area contributed by atoms with E-state index < -0.39 is 37.7 Å². The molecule has 2 atom stereocenters. The van der Waals surface area contributed by atoms with Gasteiger partial charge < -0.3 is 39.7 Å². The number of aliphatic hydroxyl groups is 1. The number of hydrogen-bond donors (Lipinski definition) is 4. The molecule has 0 bridgehead atoms. The van der Waals surface area contributed by atoms with Crippen molar-refractivity contribution in [1.29, 1.82) is 0 Å². The summed E-state index contributed by atoms with van der Waals surface area (Å²) in [7, 11) is -4.23. The number of nitrogens with zero attached hydrogens (tertiary/aromatic N) is 3. The van der Waals surface area contributed by atoms with Gasteiger partial charge in [0.15, 0.2) is 0 Å². The summed E-state index contributed by atoms with van der Waals surface area (Å²) in [6.07, 6.45) is -1.12. The van der Waals surface area contributed by atoms with Gasteiger partial charge in [0.2, 0.25) is 5.91 Å². The number of aromatic nitrogens is 1. The highest BCUT2D eigenvalue weighted by Crippen LogP contribution is 2.42. The van der Waals surface area contributed by atoms with Crippen LogP contribution < -0.4 is 10.6 Å². The monoisotopic (exact) mass is 577 g/mol. The number of pyridine rings is 1. The lowest BCUT2D eigenvalue weighted by Gasteiger charge is -2.36. The Hall–Kier alpha value is -3.51. The standard InChI is InChI=1S/C26H36N5O8P/c1-3-38-26(35)31-13-11-30(12-14-31)25(34)23(18-40(36,37)39-4-2)29-24(33)22-17-20(27-10-15-32)16-21(28-22)19-8-6-5-7-9-19/h5-9,16-17,23,32H,3-4,10-15,18H2,1-2H3,(H,27,28)(H,29,33)(H,36,37)/t23-/m0/s1. The summed E-state index contributed by atoms with van der Waals surface area (Å²) in [5.74, 6) is -1.31. The van der Waals surface area contributed by atoms with Crippen molar-refractivity contribution >= 4 is 31.2 Å². The van der Waals surface area contributed by atoms with Gasteiger partial charge >= 0.3 is 13.7 Å². The van der Waals surface area contributed by atoms with E-state index in [9.17, 15) is 28.9 Å². The summed E-state index contributed by atoms with van der Waals surface area (Å²) in [5.41, 5.74) is 1.71. The van der Waals surface area contributed by atoms with Crippen LogP contribution in [-0.2, 0) is 18.6 Å². The van der Waals surface area contributed by atoms with E-state index in [1.165, 1.54) is 15.9 Å². The molecule has 1 fully saturated rings. The van der Waals surface area contributed by atoms with Crippen LogP contribution in [-0.4, -0.2) is 107 Å². The molecule has 4 N–H and O–H groups in total. The highest BCUT2D eigenvalue weighted by atomic mass is 31.2. The largest absolute Gasteiger partial charge is 0.450 e. The molecule has 1 aliphatic rings. The molecule has 14 heteroatoms. The number of benzene rings is 1. The maximum Gasteiger partial charge on any atom is 0.409 e. The molecule has 2 heterocycles. The Morgan fingerprint density at radius 3 is 2.35 bits per heavy atom. The first-order chi connectivity index (χ1) is 19.2. The van der Waals surface area contributed by atoms with Gasteiger partial charge in [-0.15, -0.1) is 0 Å². The third kappa shape index (κ3) is 8.75. The van der Waals surface area contributed by atoms with Crippen LogP contribution in [0, 0.1) is 0 Å². The van der Waals surface area contributed by atoms with Gasteiger partial charge in [-0.25, -0.2) is 9.78 Å². The highest BCUT2D eigenvalue weighted by molar-refractivity contribution is 7.52. The van der Waals surface area contributed by atoms with Crippen molar-refractivity contribution in [3.63, 3.8) is 0 Å². The molecule has 1 aromatic carbocycles. The van der Waals surface area contributed by atoms with Crippen molar-refractivity contribution in [3.8, 4) is 11.3 Å². The van der Waals surface area contributed by atoms with E-state index in [1.54, 1.807) is 19.9 Å². The first-order valence-electron chi connectivity index (χ1n) is 13.1. The number of aliphatic hydroxyl groups excluding tert-OH is 1. The normalized spacial score (nSPS) is 15.6. The van der Waals surface area contributed by atoms with Gasteiger partial charge in [0.25, 0.3) is 5.91 Å². The summed E-state index contributed by atoms with van der Waals surface area (Å²) in [4.78, 5) is 56.6. The molecule has 0 radical (unpaired) electrons. The Labute approximate surface area is 233 Å². The number of hydrogen-bond acceptors (Lipinski definition) is 9. The van der Waals surface area contributed by atoms with Gasteiger partial charge in [-0.3, -0.25) is 14.2 Å². The summed E-state index contributed by atoms with van der Waals surface area (Å²) in [6, 6.07) is 11.0. The van der Waals surface area contributed by atoms with Crippen molar-refractivity contribution in [1.82, 2.24) is 20.1 Å². The van der Waals surface area contributed by atoms with E-state index in [0.717, 1.165) is 5.56 Å². The van der Waals surface area contributed by atoms with Crippen LogP contribution in [0.2, 0.25) is 0 Å². The molecule has 1 aromatic heterocycles. The van der Waals surface area contributed by atoms with Gasteiger partial charge in [0.05, 0.1) is 31.7 Å². The lowest BCUT2D eigenvalue weighted by Crippen LogP contribution is -2.56. The van der Waals surface area contributed by atoms with E-state index in [0.29, 0.717) is 11.4 Å². The van der Waals surface area contributed by atoms with Crippen LogP contribution in [0.3, 0.4) is 0 Å². The van der Waals surface area contributed by atoms with Crippen molar-refractivity contribution < 1.29 is 38.2 Å². The Morgan fingerprint density at radius 1 is 1.05 bits per heavy atom. The lowest BCUT2D eigenvalue weighted by molar-refractivity contribution is -0.134. The summed E-state index contributed by atoms with van der Waals surface area (Å²) in [5, 5.41) is 14.8. The van der Waals surface area contributed by atoms with Gasteiger partial charge in [-0.1, -0.05) is 30.3 Å². The molecule has 0 saturated carbocycles. The summed E-state index contributed by atoms with van der Waals surface area (Å²) >= 11 is 0. The molecule has 0 spiro atoms. The number of carbonyl (C=O) groups is 3. The Kier molecular flexibility index (Phi) is 11.4. The van der Waals surface area contributed by atoms with Crippen LogP contribution >= 0.6 is 7.60 Å². The molecule has 1 unspecified atom stereocenters. The molecule has 0 aliphatic carbocycles. The quantitative estimate of drug-likeness (QED) is 0.273. The van der Waals surface area contributed by atoms with Crippen LogP contribution in [0.4, 0.5) is 10.5 Å². The number of nitrogens with one attached hydrogen (secondary N) is 2. The number of piperazine rings is 1. The zero-order valence-electron chi connectivity index (χ0n) is 22.6. The van der Waals surface area contributed by atoms with E-state index in [-0.39, 0.29) is 58.2 Å². The van der Waals surface area contributed by atoms with Crippen molar-refractivity contribution in [2.24, 2.45) is 0 Å². The Balaban J connectivity index is 1.84. The van der Waals surface area contributed by atoms with E-state index in [1.807, 2.05) is 30.3 Å². The van der Waals surface area contributed by atoms with Crippen LogP contribution in [0.1, 0.15) is 24.3 Å². The fourth-order valence-electron chi connectivity index (χ4n) is 4.15. The van der Waals surface area contributed by atoms with Crippen molar-refractivity contribution in [3.05, 3.63) is 48.2 Å².